The molecule has 0 aliphatic carbocycles. The third-order valence-electron chi connectivity index (χ3n) is 2.58. The zero-order chi connectivity index (χ0) is 14.1. The SMILES string of the molecule is CC(N)CCSCC(=O)NCCc1cccc(Cl)c1. The molecule has 0 aromatic heterocycles. The Kier molecular flexibility index (Phi) is 7.94. The standard InChI is InChI=1S/C14H21ClN2OS/c1-11(16)6-8-19-10-14(18)17-7-5-12-3-2-4-13(15)9-12/h2-4,9,11H,5-8,10,16H2,1H3,(H,17,18). The summed E-state index contributed by atoms with van der Waals surface area (Å²) in [7, 11) is 0. The lowest BCUT2D eigenvalue weighted by Crippen LogP contribution is -2.27. The van der Waals surface area contributed by atoms with Crippen molar-refractivity contribution in [1.82, 2.24) is 5.32 Å². The fourth-order valence-corrected chi connectivity index (χ4v) is 2.71. The van der Waals surface area contributed by atoms with Crippen LogP contribution in [0.5, 0.6) is 0 Å². The van der Waals surface area contributed by atoms with Crippen molar-refractivity contribution < 1.29 is 4.79 Å². The largest absolute Gasteiger partial charge is 0.355 e. The van der Waals surface area contributed by atoms with Crippen molar-refractivity contribution in [2.45, 2.75) is 25.8 Å². The highest BCUT2D eigenvalue weighted by molar-refractivity contribution is 7.99. The molecular formula is C14H21ClN2OS. The maximum Gasteiger partial charge on any atom is 0.230 e. The predicted octanol–water partition coefficient (Wildman–Crippen LogP) is 2.47. The van der Waals surface area contributed by atoms with Gasteiger partial charge in [-0.05, 0) is 43.2 Å². The van der Waals surface area contributed by atoms with Gasteiger partial charge in [0.15, 0.2) is 0 Å². The van der Waals surface area contributed by atoms with Gasteiger partial charge in [0.2, 0.25) is 5.91 Å². The first-order valence-corrected chi connectivity index (χ1v) is 7.95. The topological polar surface area (TPSA) is 55.1 Å². The van der Waals surface area contributed by atoms with E-state index in [4.69, 9.17) is 17.3 Å². The summed E-state index contributed by atoms with van der Waals surface area (Å²) in [6.45, 7) is 2.62. The van der Waals surface area contributed by atoms with E-state index in [-0.39, 0.29) is 11.9 Å². The Morgan fingerprint density at radius 2 is 2.32 bits per heavy atom. The summed E-state index contributed by atoms with van der Waals surface area (Å²) in [4.78, 5) is 11.6. The van der Waals surface area contributed by atoms with E-state index in [9.17, 15) is 4.79 Å². The van der Waals surface area contributed by atoms with Crippen LogP contribution in [0.2, 0.25) is 5.02 Å². The molecule has 0 saturated carbocycles. The number of rotatable bonds is 8. The number of hydrogen-bond acceptors (Lipinski definition) is 3. The van der Waals surface area contributed by atoms with Crippen molar-refractivity contribution in [2.75, 3.05) is 18.1 Å². The third-order valence-corrected chi connectivity index (χ3v) is 3.80. The highest BCUT2D eigenvalue weighted by Gasteiger charge is 2.02. The Morgan fingerprint density at radius 3 is 3.00 bits per heavy atom. The number of benzene rings is 1. The van der Waals surface area contributed by atoms with Gasteiger partial charge >= 0.3 is 0 Å². The molecule has 1 unspecified atom stereocenters. The van der Waals surface area contributed by atoms with Crippen molar-refractivity contribution in [3.8, 4) is 0 Å². The van der Waals surface area contributed by atoms with Crippen molar-refractivity contribution in [2.24, 2.45) is 5.73 Å². The van der Waals surface area contributed by atoms with E-state index in [0.717, 1.165) is 29.2 Å². The molecule has 19 heavy (non-hydrogen) atoms. The lowest BCUT2D eigenvalue weighted by molar-refractivity contribution is -0.118. The van der Waals surface area contributed by atoms with Gasteiger partial charge in [0, 0.05) is 17.6 Å². The molecule has 1 aromatic carbocycles. The molecule has 0 radical (unpaired) electrons. The monoisotopic (exact) mass is 300 g/mol. The number of carbonyl (C=O) groups is 1. The van der Waals surface area contributed by atoms with E-state index >= 15 is 0 Å². The Labute approximate surface area is 124 Å². The van der Waals surface area contributed by atoms with E-state index in [1.54, 1.807) is 11.8 Å². The second-order valence-corrected chi connectivity index (χ2v) is 6.09. The lowest BCUT2D eigenvalue weighted by Gasteiger charge is -2.06. The number of nitrogens with two attached hydrogens (primary N) is 1. The molecule has 0 spiro atoms. The molecule has 1 aromatic rings. The second kappa shape index (κ2) is 9.23. The molecular weight excluding hydrogens is 280 g/mol. The molecule has 0 aliphatic heterocycles. The molecule has 1 atom stereocenters. The normalized spacial score (nSPS) is 12.2. The Bertz CT molecular complexity index is 399. The van der Waals surface area contributed by atoms with Crippen LogP contribution in [-0.2, 0) is 11.2 Å². The molecule has 0 saturated heterocycles. The number of thioether (sulfide) groups is 1. The number of hydrogen-bond donors (Lipinski definition) is 2. The van der Waals surface area contributed by atoms with Gasteiger partial charge in [0.1, 0.15) is 0 Å². The van der Waals surface area contributed by atoms with Crippen LogP contribution in [-0.4, -0.2) is 30.0 Å². The molecule has 3 nitrogen and oxygen atoms in total. The minimum absolute atomic E-state index is 0.0803. The summed E-state index contributed by atoms with van der Waals surface area (Å²) >= 11 is 7.52. The quantitative estimate of drug-likeness (QED) is 0.725. The number of carbonyl (C=O) groups excluding carboxylic acids is 1. The van der Waals surface area contributed by atoms with E-state index in [2.05, 4.69) is 5.32 Å². The van der Waals surface area contributed by atoms with Crippen molar-refractivity contribution >= 4 is 29.3 Å². The van der Waals surface area contributed by atoms with Crippen LogP contribution in [0.1, 0.15) is 18.9 Å². The maximum atomic E-state index is 11.6. The summed E-state index contributed by atoms with van der Waals surface area (Å²) in [6, 6.07) is 7.90. The molecule has 0 fully saturated rings. The van der Waals surface area contributed by atoms with Gasteiger partial charge in [-0.25, -0.2) is 0 Å². The Balaban J connectivity index is 2.10. The fraction of sp³-hybridized carbons (Fsp3) is 0.500. The molecule has 1 rings (SSSR count). The van der Waals surface area contributed by atoms with Crippen molar-refractivity contribution in [3.05, 3.63) is 34.9 Å². The molecule has 1 amide bonds. The smallest absolute Gasteiger partial charge is 0.230 e. The van der Waals surface area contributed by atoms with Gasteiger partial charge < -0.3 is 11.1 Å². The summed E-state index contributed by atoms with van der Waals surface area (Å²) < 4.78 is 0. The van der Waals surface area contributed by atoms with Crippen LogP contribution in [0.15, 0.2) is 24.3 Å². The van der Waals surface area contributed by atoms with Gasteiger partial charge in [0.25, 0.3) is 0 Å². The minimum Gasteiger partial charge on any atom is -0.355 e. The maximum absolute atomic E-state index is 11.6. The first-order chi connectivity index (χ1) is 9.08. The highest BCUT2D eigenvalue weighted by Crippen LogP contribution is 2.10. The first-order valence-electron chi connectivity index (χ1n) is 6.42. The zero-order valence-electron chi connectivity index (χ0n) is 11.2. The molecule has 0 bridgehead atoms. The first kappa shape index (κ1) is 16.3. The number of halogens is 1. The summed E-state index contributed by atoms with van der Waals surface area (Å²) in [5.41, 5.74) is 6.78. The van der Waals surface area contributed by atoms with Crippen LogP contribution >= 0.6 is 23.4 Å². The molecule has 3 N–H and O–H groups in total. The molecule has 0 aliphatic rings. The van der Waals surface area contributed by atoms with Gasteiger partial charge in [0.05, 0.1) is 5.75 Å². The summed E-state index contributed by atoms with van der Waals surface area (Å²) in [5.74, 6) is 1.51. The van der Waals surface area contributed by atoms with E-state index in [1.807, 2.05) is 31.2 Å². The fourth-order valence-electron chi connectivity index (χ4n) is 1.52. The van der Waals surface area contributed by atoms with E-state index in [0.29, 0.717) is 12.3 Å². The Hall–Kier alpha value is -0.710. The minimum atomic E-state index is 0.0803. The van der Waals surface area contributed by atoms with Crippen molar-refractivity contribution in [3.63, 3.8) is 0 Å². The average Bonchev–Trinajstić information content (AvgIpc) is 2.34. The van der Waals surface area contributed by atoms with E-state index < -0.39 is 0 Å². The van der Waals surface area contributed by atoms with Crippen LogP contribution in [0.4, 0.5) is 0 Å². The van der Waals surface area contributed by atoms with Crippen molar-refractivity contribution in [1.29, 1.82) is 0 Å². The third kappa shape index (κ3) is 8.14. The van der Waals surface area contributed by atoms with Crippen LogP contribution in [0.3, 0.4) is 0 Å². The van der Waals surface area contributed by atoms with E-state index in [1.165, 1.54) is 0 Å². The summed E-state index contributed by atoms with van der Waals surface area (Å²) in [5, 5.41) is 3.64. The highest BCUT2D eigenvalue weighted by atomic mass is 35.5. The predicted molar refractivity (Wildman–Crippen MR) is 83.8 cm³/mol. The van der Waals surface area contributed by atoms with Gasteiger partial charge in [-0.15, -0.1) is 0 Å². The van der Waals surface area contributed by atoms with Crippen LogP contribution in [0.25, 0.3) is 0 Å². The molecule has 5 heteroatoms. The zero-order valence-corrected chi connectivity index (χ0v) is 12.8. The van der Waals surface area contributed by atoms with Gasteiger partial charge in [-0.1, -0.05) is 23.7 Å². The van der Waals surface area contributed by atoms with Gasteiger partial charge in [-0.2, -0.15) is 11.8 Å². The number of nitrogens with one attached hydrogen (secondary N) is 1. The molecule has 106 valence electrons. The lowest BCUT2D eigenvalue weighted by atomic mass is 10.1. The van der Waals surface area contributed by atoms with Crippen LogP contribution in [0, 0.1) is 0 Å². The van der Waals surface area contributed by atoms with Crippen LogP contribution < -0.4 is 11.1 Å². The number of amides is 1. The average molecular weight is 301 g/mol. The Morgan fingerprint density at radius 1 is 1.53 bits per heavy atom. The summed E-state index contributed by atoms with van der Waals surface area (Å²) in [6.07, 6.45) is 1.75. The molecule has 0 heterocycles. The second-order valence-electron chi connectivity index (χ2n) is 4.55. The van der Waals surface area contributed by atoms with Gasteiger partial charge in [-0.3, -0.25) is 4.79 Å².